The maximum atomic E-state index is 13.9. The zero-order valence-electron chi connectivity index (χ0n) is 11.3. The van der Waals surface area contributed by atoms with Crippen molar-refractivity contribution in [3.63, 3.8) is 0 Å². The van der Waals surface area contributed by atoms with Gasteiger partial charge in [0, 0.05) is 17.2 Å². The maximum Gasteiger partial charge on any atom is 0.170 e. The van der Waals surface area contributed by atoms with Crippen molar-refractivity contribution in [3.8, 4) is 5.75 Å². The van der Waals surface area contributed by atoms with Crippen LogP contribution in [0.1, 0.15) is 16.7 Å². The highest BCUT2D eigenvalue weighted by Gasteiger charge is 2.08. The molecule has 110 valence electrons. The summed E-state index contributed by atoms with van der Waals surface area (Å²) in [7, 11) is 0. The van der Waals surface area contributed by atoms with Crippen molar-refractivity contribution < 1.29 is 18.7 Å². The quantitative estimate of drug-likeness (QED) is 0.394. The van der Waals surface area contributed by atoms with Crippen molar-refractivity contribution in [1.82, 2.24) is 0 Å². The summed E-state index contributed by atoms with van der Waals surface area (Å²) in [5.74, 6) is -0.788. The van der Waals surface area contributed by atoms with Gasteiger partial charge < -0.3 is 15.7 Å². The van der Waals surface area contributed by atoms with E-state index < -0.39 is 11.6 Å². The molecule has 2 rings (SSSR count). The summed E-state index contributed by atoms with van der Waals surface area (Å²) in [6.07, 6.45) is 0. The normalized spacial score (nSPS) is 11.5. The number of halogens is 2. The van der Waals surface area contributed by atoms with Crippen molar-refractivity contribution in [2.24, 2.45) is 10.9 Å². The Morgan fingerprint density at radius 3 is 2.67 bits per heavy atom. The lowest BCUT2D eigenvalue weighted by Gasteiger charge is -2.10. The van der Waals surface area contributed by atoms with E-state index in [1.54, 1.807) is 13.0 Å². The molecule has 0 bridgehead atoms. The van der Waals surface area contributed by atoms with E-state index in [2.05, 4.69) is 5.16 Å². The molecule has 6 heteroatoms. The van der Waals surface area contributed by atoms with E-state index >= 15 is 0 Å². The van der Waals surface area contributed by atoms with Crippen LogP contribution in [0.15, 0.2) is 41.6 Å². The van der Waals surface area contributed by atoms with Gasteiger partial charge in [0.2, 0.25) is 0 Å². The van der Waals surface area contributed by atoms with Crippen molar-refractivity contribution >= 4 is 5.84 Å². The van der Waals surface area contributed by atoms with E-state index in [9.17, 15) is 8.78 Å². The van der Waals surface area contributed by atoms with Gasteiger partial charge in [-0.05, 0) is 24.6 Å². The monoisotopic (exact) mass is 292 g/mol. The molecule has 0 amide bonds. The molecule has 0 spiro atoms. The predicted octanol–water partition coefficient (Wildman–Crippen LogP) is 2.95. The fraction of sp³-hybridized carbons (Fsp3) is 0.133. The Balaban J connectivity index is 2.15. The van der Waals surface area contributed by atoms with Crippen LogP contribution >= 0.6 is 0 Å². The Kier molecular flexibility index (Phi) is 4.37. The summed E-state index contributed by atoms with van der Waals surface area (Å²) in [6, 6.07) is 8.29. The SMILES string of the molecule is Cc1ccc(F)cc1OCc1ccc(/C(N)=N/O)cc1F. The molecule has 2 aromatic rings. The van der Waals surface area contributed by atoms with Crippen LogP contribution in [0.3, 0.4) is 0 Å². The number of amidine groups is 1. The minimum absolute atomic E-state index is 0.0490. The number of hydrogen-bond acceptors (Lipinski definition) is 3. The number of ether oxygens (including phenoxy) is 1. The molecule has 0 heterocycles. The molecule has 0 aromatic heterocycles. The Morgan fingerprint density at radius 1 is 1.24 bits per heavy atom. The van der Waals surface area contributed by atoms with Crippen LogP contribution in [-0.2, 0) is 6.61 Å². The lowest BCUT2D eigenvalue weighted by Crippen LogP contribution is -2.13. The number of nitrogens with two attached hydrogens (primary N) is 1. The predicted molar refractivity (Wildman–Crippen MR) is 74.4 cm³/mol. The fourth-order valence-corrected chi connectivity index (χ4v) is 1.77. The third kappa shape index (κ3) is 3.47. The summed E-state index contributed by atoms with van der Waals surface area (Å²) < 4.78 is 32.4. The zero-order chi connectivity index (χ0) is 15.4. The first-order valence-corrected chi connectivity index (χ1v) is 6.16. The number of oxime groups is 1. The fourth-order valence-electron chi connectivity index (χ4n) is 1.77. The van der Waals surface area contributed by atoms with E-state index in [1.807, 2.05) is 0 Å². The molecule has 0 aliphatic carbocycles. The van der Waals surface area contributed by atoms with Gasteiger partial charge in [0.1, 0.15) is 24.0 Å². The maximum absolute atomic E-state index is 13.9. The highest BCUT2D eigenvalue weighted by atomic mass is 19.1. The lowest BCUT2D eigenvalue weighted by molar-refractivity contribution is 0.296. The summed E-state index contributed by atoms with van der Waals surface area (Å²) in [4.78, 5) is 0. The van der Waals surface area contributed by atoms with Gasteiger partial charge in [0.25, 0.3) is 0 Å². The Bertz CT molecular complexity index is 687. The smallest absolute Gasteiger partial charge is 0.170 e. The zero-order valence-corrected chi connectivity index (χ0v) is 11.3. The topological polar surface area (TPSA) is 67.8 Å². The van der Waals surface area contributed by atoms with Crippen LogP contribution in [0.25, 0.3) is 0 Å². The van der Waals surface area contributed by atoms with Crippen LogP contribution in [-0.4, -0.2) is 11.0 Å². The Morgan fingerprint density at radius 2 is 2.00 bits per heavy atom. The van der Waals surface area contributed by atoms with Crippen molar-refractivity contribution in [3.05, 3.63) is 64.7 Å². The minimum Gasteiger partial charge on any atom is -0.488 e. The molecule has 0 radical (unpaired) electrons. The van der Waals surface area contributed by atoms with E-state index in [0.29, 0.717) is 5.75 Å². The van der Waals surface area contributed by atoms with E-state index in [1.165, 1.54) is 24.3 Å². The van der Waals surface area contributed by atoms with E-state index in [-0.39, 0.29) is 23.6 Å². The molecule has 0 unspecified atom stereocenters. The van der Waals surface area contributed by atoms with Gasteiger partial charge in [-0.2, -0.15) is 0 Å². The number of hydrogen-bond donors (Lipinski definition) is 2. The number of aryl methyl sites for hydroxylation is 1. The highest BCUT2D eigenvalue weighted by Crippen LogP contribution is 2.21. The second-order valence-corrected chi connectivity index (χ2v) is 4.49. The number of benzene rings is 2. The average molecular weight is 292 g/mol. The van der Waals surface area contributed by atoms with Gasteiger partial charge in [-0.25, -0.2) is 8.78 Å². The summed E-state index contributed by atoms with van der Waals surface area (Å²) in [6.45, 7) is 1.72. The molecule has 0 atom stereocenters. The number of rotatable bonds is 4. The molecule has 0 fully saturated rings. The van der Waals surface area contributed by atoms with Crippen molar-refractivity contribution in [2.75, 3.05) is 0 Å². The standard InChI is InChI=1S/C15H14F2N2O2/c1-9-2-5-12(16)7-14(9)21-8-11-4-3-10(6-13(11)17)15(18)19-20/h2-7,20H,8H2,1H3,(H2,18,19). The summed E-state index contributed by atoms with van der Waals surface area (Å²) in [5, 5.41) is 11.3. The van der Waals surface area contributed by atoms with Crippen LogP contribution < -0.4 is 10.5 Å². The molecule has 4 nitrogen and oxygen atoms in total. The first-order valence-electron chi connectivity index (χ1n) is 6.16. The van der Waals surface area contributed by atoms with Gasteiger partial charge >= 0.3 is 0 Å². The lowest BCUT2D eigenvalue weighted by atomic mass is 10.1. The van der Waals surface area contributed by atoms with Crippen LogP contribution in [0.5, 0.6) is 5.75 Å². The van der Waals surface area contributed by atoms with Crippen LogP contribution in [0, 0.1) is 18.6 Å². The Hall–Kier alpha value is -2.63. The van der Waals surface area contributed by atoms with E-state index in [4.69, 9.17) is 15.7 Å². The minimum atomic E-state index is -0.548. The van der Waals surface area contributed by atoms with Crippen molar-refractivity contribution in [1.29, 1.82) is 0 Å². The van der Waals surface area contributed by atoms with Gasteiger partial charge in [-0.3, -0.25) is 0 Å². The molecule has 2 aromatic carbocycles. The van der Waals surface area contributed by atoms with Crippen LogP contribution in [0.2, 0.25) is 0 Å². The molecule has 0 aliphatic heterocycles. The first-order chi connectivity index (χ1) is 10.0. The second-order valence-electron chi connectivity index (χ2n) is 4.49. The number of nitrogens with zero attached hydrogens (tertiary/aromatic N) is 1. The molecule has 3 N–H and O–H groups in total. The third-order valence-corrected chi connectivity index (χ3v) is 2.99. The average Bonchev–Trinajstić information content (AvgIpc) is 2.48. The molecule has 0 aliphatic rings. The molecule has 21 heavy (non-hydrogen) atoms. The van der Waals surface area contributed by atoms with Crippen LogP contribution in [0.4, 0.5) is 8.78 Å². The molecule has 0 saturated heterocycles. The van der Waals surface area contributed by atoms with Gasteiger partial charge in [0.05, 0.1) is 0 Å². The molecule has 0 saturated carbocycles. The largest absolute Gasteiger partial charge is 0.488 e. The second kappa shape index (κ2) is 6.21. The molecular weight excluding hydrogens is 278 g/mol. The van der Waals surface area contributed by atoms with Gasteiger partial charge in [0.15, 0.2) is 5.84 Å². The van der Waals surface area contributed by atoms with E-state index in [0.717, 1.165) is 11.6 Å². The summed E-state index contributed by atoms with van der Waals surface area (Å²) in [5.41, 5.74) is 6.68. The van der Waals surface area contributed by atoms with Gasteiger partial charge in [-0.1, -0.05) is 23.4 Å². The third-order valence-electron chi connectivity index (χ3n) is 2.99. The molecular formula is C15H14F2N2O2. The summed E-state index contributed by atoms with van der Waals surface area (Å²) >= 11 is 0. The Labute approximate surface area is 120 Å². The highest BCUT2D eigenvalue weighted by molar-refractivity contribution is 5.97. The van der Waals surface area contributed by atoms with Gasteiger partial charge in [-0.15, -0.1) is 0 Å². The van der Waals surface area contributed by atoms with Crippen molar-refractivity contribution in [2.45, 2.75) is 13.5 Å². The first kappa shape index (κ1) is 14.8.